The van der Waals surface area contributed by atoms with Crippen LogP contribution in [0.5, 0.6) is 0 Å². The van der Waals surface area contributed by atoms with Crippen molar-refractivity contribution < 1.29 is 14.7 Å². The van der Waals surface area contributed by atoms with E-state index in [0.717, 1.165) is 24.8 Å². The molecule has 1 rings (SSSR count). The van der Waals surface area contributed by atoms with Gasteiger partial charge in [0.25, 0.3) is 0 Å². The molecule has 1 atom stereocenters. The largest absolute Gasteiger partial charge is 0.481 e. The number of carbonyl (C=O) groups excluding carboxylic acids is 1. The molecule has 0 aromatic rings. The molecule has 0 amide bonds. The van der Waals surface area contributed by atoms with Gasteiger partial charge in [-0.3, -0.25) is 9.59 Å². The Kier molecular flexibility index (Phi) is 6.12. The Morgan fingerprint density at radius 1 is 1.44 bits per heavy atom. The first kappa shape index (κ1) is 14.4. The highest BCUT2D eigenvalue weighted by Crippen LogP contribution is 2.25. The predicted molar refractivity (Wildman–Crippen MR) is 71.3 cm³/mol. The maximum atomic E-state index is 11.5. The van der Waals surface area contributed by atoms with Crippen molar-refractivity contribution in [1.29, 1.82) is 0 Å². The topological polar surface area (TPSA) is 54.4 Å². The first-order chi connectivity index (χ1) is 8.65. The molecule has 0 saturated heterocycles. The SMILES string of the molecule is CC/C=C1/C(=O)C=C[C@@H]1C/C=C\CCCC(=O)O. The quantitative estimate of drug-likeness (QED) is 0.427. The van der Waals surface area contributed by atoms with E-state index in [1.807, 2.05) is 31.2 Å². The number of carboxylic acid groups (broad SMARTS) is 1. The average molecular weight is 248 g/mol. The maximum absolute atomic E-state index is 11.5. The van der Waals surface area contributed by atoms with Gasteiger partial charge in [0.1, 0.15) is 0 Å². The number of unbranched alkanes of at least 4 members (excludes halogenated alkanes) is 1. The number of hydrogen-bond acceptors (Lipinski definition) is 2. The van der Waals surface area contributed by atoms with Crippen LogP contribution >= 0.6 is 0 Å². The molecule has 0 aromatic heterocycles. The summed E-state index contributed by atoms with van der Waals surface area (Å²) in [6, 6.07) is 0. The molecule has 0 heterocycles. The minimum absolute atomic E-state index is 0.126. The van der Waals surface area contributed by atoms with Gasteiger partial charge in [0, 0.05) is 17.9 Å². The van der Waals surface area contributed by atoms with Gasteiger partial charge >= 0.3 is 5.97 Å². The van der Waals surface area contributed by atoms with Crippen LogP contribution in [0, 0.1) is 5.92 Å². The summed E-state index contributed by atoms with van der Waals surface area (Å²) in [5.74, 6) is -0.421. The molecule has 0 radical (unpaired) electrons. The van der Waals surface area contributed by atoms with Crippen molar-refractivity contribution in [3.05, 3.63) is 36.0 Å². The third-order valence-electron chi connectivity index (χ3n) is 2.91. The third kappa shape index (κ3) is 4.70. The van der Waals surface area contributed by atoms with Gasteiger partial charge in [0.15, 0.2) is 5.78 Å². The van der Waals surface area contributed by atoms with Gasteiger partial charge < -0.3 is 5.11 Å². The predicted octanol–water partition coefficient (Wildman–Crippen LogP) is 3.28. The van der Waals surface area contributed by atoms with Crippen molar-refractivity contribution in [3.8, 4) is 0 Å². The van der Waals surface area contributed by atoms with Gasteiger partial charge in [-0.25, -0.2) is 0 Å². The molecule has 98 valence electrons. The fourth-order valence-corrected chi connectivity index (χ4v) is 2.00. The van der Waals surface area contributed by atoms with Crippen LogP contribution in [0.2, 0.25) is 0 Å². The first-order valence-corrected chi connectivity index (χ1v) is 6.44. The van der Waals surface area contributed by atoms with E-state index in [9.17, 15) is 9.59 Å². The zero-order valence-electron chi connectivity index (χ0n) is 10.8. The number of carbonyl (C=O) groups is 2. The molecule has 1 N–H and O–H groups in total. The molecule has 0 aromatic carbocycles. The Balaban J connectivity index is 2.32. The summed E-state index contributed by atoms with van der Waals surface area (Å²) in [4.78, 5) is 21.9. The molecule has 18 heavy (non-hydrogen) atoms. The van der Waals surface area contributed by atoms with E-state index < -0.39 is 5.97 Å². The summed E-state index contributed by atoms with van der Waals surface area (Å²) in [6.45, 7) is 2.03. The summed E-state index contributed by atoms with van der Waals surface area (Å²) in [5, 5.41) is 8.49. The van der Waals surface area contributed by atoms with Crippen LogP contribution in [0.3, 0.4) is 0 Å². The van der Waals surface area contributed by atoms with Crippen LogP contribution in [0.25, 0.3) is 0 Å². The van der Waals surface area contributed by atoms with Crippen LogP contribution in [0.15, 0.2) is 36.0 Å². The van der Waals surface area contributed by atoms with Crippen molar-refractivity contribution in [2.24, 2.45) is 5.92 Å². The molecule has 0 aliphatic heterocycles. The molecule has 3 nitrogen and oxygen atoms in total. The second-order valence-corrected chi connectivity index (χ2v) is 4.39. The molecule has 0 saturated carbocycles. The monoisotopic (exact) mass is 248 g/mol. The number of carboxylic acids is 1. The van der Waals surface area contributed by atoms with Crippen LogP contribution in [0.4, 0.5) is 0 Å². The van der Waals surface area contributed by atoms with E-state index in [-0.39, 0.29) is 18.1 Å². The van der Waals surface area contributed by atoms with Crippen molar-refractivity contribution in [3.63, 3.8) is 0 Å². The Bertz CT molecular complexity index is 389. The van der Waals surface area contributed by atoms with Crippen LogP contribution in [0.1, 0.15) is 39.0 Å². The van der Waals surface area contributed by atoms with Crippen LogP contribution < -0.4 is 0 Å². The summed E-state index contributed by atoms with van der Waals surface area (Å²) >= 11 is 0. The van der Waals surface area contributed by atoms with Gasteiger partial charge in [-0.2, -0.15) is 0 Å². The number of aliphatic carboxylic acids is 1. The molecule has 1 aliphatic rings. The lowest BCUT2D eigenvalue weighted by atomic mass is 9.97. The van der Waals surface area contributed by atoms with Gasteiger partial charge in [0.05, 0.1) is 0 Å². The van der Waals surface area contributed by atoms with E-state index in [1.165, 1.54) is 0 Å². The van der Waals surface area contributed by atoms with E-state index >= 15 is 0 Å². The highest BCUT2D eigenvalue weighted by molar-refractivity contribution is 6.07. The van der Waals surface area contributed by atoms with E-state index in [1.54, 1.807) is 6.08 Å². The van der Waals surface area contributed by atoms with Gasteiger partial charge in [-0.05, 0) is 31.8 Å². The number of ketones is 1. The highest BCUT2D eigenvalue weighted by atomic mass is 16.4. The number of allylic oxidation sites excluding steroid dienone is 6. The lowest BCUT2D eigenvalue weighted by Crippen LogP contribution is -2.01. The highest BCUT2D eigenvalue weighted by Gasteiger charge is 2.20. The Morgan fingerprint density at radius 3 is 2.89 bits per heavy atom. The molecule has 0 spiro atoms. The fraction of sp³-hybridized carbons (Fsp3) is 0.467. The molecule has 0 bridgehead atoms. The van der Waals surface area contributed by atoms with Gasteiger partial charge in [0.2, 0.25) is 0 Å². The smallest absolute Gasteiger partial charge is 0.303 e. The van der Waals surface area contributed by atoms with Crippen molar-refractivity contribution in [2.75, 3.05) is 0 Å². The summed E-state index contributed by atoms with van der Waals surface area (Å²) in [5.41, 5.74) is 0.896. The lowest BCUT2D eigenvalue weighted by Gasteiger charge is -2.06. The van der Waals surface area contributed by atoms with Crippen molar-refractivity contribution >= 4 is 11.8 Å². The third-order valence-corrected chi connectivity index (χ3v) is 2.91. The number of hydrogen-bond donors (Lipinski definition) is 1. The zero-order chi connectivity index (χ0) is 13.4. The van der Waals surface area contributed by atoms with Crippen LogP contribution in [-0.4, -0.2) is 16.9 Å². The molecule has 3 heteroatoms. The minimum Gasteiger partial charge on any atom is -0.481 e. The van der Waals surface area contributed by atoms with Crippen LogP contribution in [-0.2, 0) is 9.59 Å². The first-order valence-electron chi connectivity index (χ1n) is 6.44. The zero-order valence-corrected chi connectivity index (χ0v) is 10.8. The van der Waals surface area contributed by atoms with Gasteiger partial charge in [-0.1, -0.05) is 31.2 Å². The van der Waals surface area contributed by atoms with E-state index in [2.05, 4.69) is 0 Å². The van der Waals surface area contributed by atoms with E-state index in [0.29, 0.717) is 6.42 Å². The number of rotatable bonds is 7. The molecular weight excluding hydrogens is 228 g/mol. The Hall–Kier alpha value is -1.64. The Morgan fingerprint density at radius 2 is 2.22 bits per heavy atom. The molecular formula is C15H20O3. The van der Waals surface area contributed by atoms with E-state index in [4.69, 9.17) is 5.11 Å². The molecule has 1 aliphatic carbocycles. The second-order valence-electron chi connectivity index (χ2n) is 4.39. The maximum Gasteiger partial charge on any atom is 0.303 e. The second kappa shape index (κ2) is 7.64. The molecule has 0 fully saturated rings. The normalized spacial score (nSPS) is 21.3. The summed E-state index contributed by atoms with van der Waals surface area (Å²) in [6.07, 6.45) is 13.0. The standard InChI is InChI=1S/C15H20O3/c1-2-7-13-12(10-11-14(13)16)8-5-3-4-6-9-15(17)18/h3,5,7,10-12H,2,4,6,8-9H2,1H3,(H,17,18)/b5-3-,13-7+/t12-/m0/s1. The molecule has 0 unspecified atom stereocenters. The lowest BCUT2D eigenvalue weighted by molar-refractivity contribution is -0.137. The average Bonchev–Trinajstić information content (AvgIpc) is 2.66. The minimum atomic E-state index is -0.749. The van der Waals surface area contributed by atoms with Crippen molar-refractivity contribution in [2.45, 2.75) is 39.0 Å². The Labute approximate surface area is 108 Å². The van der Waals surface area contributed by atoms with Crippen molar-refractivity contribution in [1.82, 2.24) is 0 Å². The fourth-order valence-electron chi connectivity index (χ4n) is 2.00. The van der Waals surface area contributed by atoms with Gasteiger partial charge in [-0.15, -0.1) is 0 Å². The summed E-state index contributed by atoms with van der Waals surface area (Å²) in [7, 11) is 0. The summed E-state index contributed by atoms with van der Waals surface area (Å²) < 4.78 is 0.